The highest BCUT2D eigenvalue weighted by molar-refractivity contribution is 5.87. The lowest BCUT2D eigenvalue weighted by atomic mass is 9.87. The second kappa shape index (κ2) is 8.42. The number of carbonyl (C=O) groups is 1. The molecule has 0 saturated carbocycles. The average molecular weight is 518 g/mol. The number of carboxylic acid groups (broad SMARTS) is 1. The van der Waals surface area contributed by atoms with Crippen LogP contribution in [-0.4, -0.2) is 71.6 Å². The lowest BCUT2D eigenvalue weighted by molar-refractivity contribution is -0.433. The van der Waals surface area contributed by atoms with E-state index in [2.05, 4.69) is 0 Å². The molecule has 2 nitrogen and oxygen atoms in total. The van der Waals surface area contributed by atoms with E-state index >= 15 is 0 Å². The molecule has 0 fully saturated rings. The van der Waals surface area contributed by atoms with Crippen LogP contribution in [0.3, 0.4) is 0 Å². The van der Waals surface area contributed by atoms with Gasteiger partial charge in [-0.3, -0.25) is 0 Å². The van der Waals surface area contributed by atoms with Crippen molar-refractivity contribution in [3.63, 3.8) is 0 Å². The topological polar surface area (TPSA) is 37.3 Å². The first-order valence-corrected chi connectivity index (χ1v) is 7.17. The van der Waals surface area contributed by atoms with Gasteiger partial charge in [0.05, 0.1) is 5.57 Å². The van der Waals surface area contributed by atoms with Crippen LogP contribution in [0.4, 0.5) is 74.6 Å². The maximum atomic E-state index is 13.4. The summed E-state index contributed by atoms with van der Waals surface area (Å²) in [5, 5.41) is 8.13. The van der Waals surface area contributed by atoms with Crippen molar-refractivity contribution in [1.82, 2.24) is 0 Å². The number of rotatable bonds is 11. The Morgan fingerprint density at radius 3 is 1.22 bits per heavy atom. The Morgan fingerprint density at radius 1 is 0.625 bits per heavy atom. The average Bonchev–Trinajstić information content (AvgIpc) is 2.64. The van der Waals surface area contributed by atoms with E-state index in [9.17, 15) is 79.4 Å². The highest BCUT2D eigenvalue weighted by Gasteiger charge is 2.92. The van der Waals surface area contributed by atoms with Gasteiger partial charge in [0.2, 0.25) is 12.3 Å². The highest BCUT2D eigenvalue weighted by Crippen LogP contribution is 2.61. The van der Waals surface area contributed by atoms with Crippen LogP contribution in [0.15, 0.2) is 12.2 Å². The minimum Gasteiger partial charge on any atom is -0.478 e. The van der Waals surface area contributed by atoms with Gasteiger partial charge in [-0.15, -0.1) is 0 Å². The van der Waals surface area contributed by atoms with Gasteiger partial charge in [-0.2, -0.15) is 52.7 Å². The van der Waals surface area contributed by atoms with E-state index in [0.717, 1.165) is 0 Å². The van der Waals surface area contributed by atoms with Crippen LogP contribution >= 0.6 is 0 Å². The van der Waals surface area contributed by atoms with E-state index in [4.69, 9.17) is 5.11 Å². The van der Waals surface area contributed by atoms with Crippen LogP contribution in [0.25, 0.3) is 0 Å². The predicted octanol–water partition coefficient (Wildman–Crippen LogP) is 5.72. The zero-order valence-corrected chi connectivity index (χ0v) is 14.3. The number of alkyl halides is 17. The molecule has 3 unspecified atom stereocenters. The predicted molar refractivity (Wildman–Crippen MR) is 67.1 cm³/mol. The molecule has 0 aromatic heterocycles. The number of hydrogen-bond acceptors (Lipinski definition) is 1. The third-order valence-electron chi connectivity index (χ3n) is 3.79. The minimum atomic E-state index is -8.51. The monoisotopic (exact) mass is 518 g/mol. The van der Waals surface area contributed by atoms with Crippen LogP contribution in [0.1, 0.15) is 0 Å². The molecule has 0 spiro atoms. The molecule has 190 valence electrons. The molecule has 3 atom stereocenters. The summed E-state index contributed by atoms with van der Waals surface area (Å²) in [6, 6.07) is 0. The van der Waals surface area contributed by atoms with Gasteiger partial charge in [0.25, 0.3) is 6.43 Å². The van der Waals surface area contributed by atoms with Crippen molar-refractivity contribution in [1.29, 1.82) is 0 Å². The highest BCUT2D eigenvalue weighted by atomic mass is 19.4. The van der Waals surface area contributed by atoms with Crippen molar-refractivity contribution >= 4 is 5.97 Å². The molecule has 0 aromatic rings. The molecular weight excluding hydrogens is 511 g/mol. The number of hydrogen-bond donors (Lipinski definition) is 1. The first kappa shape index (κ1) is 30.0. The molecular formula is C13H7F17O2. The molecule has 0 aliphatic rings. The second-order valence-electron chi connectivity index (χ2n) is 5.92. The van der Waals surface area contributed by atoms with E-state index in [1.54, 1.807) is 0 Å². The quantitative estimate of drug-likeness (QED) is 0.281. The summed E-state index contributed by atoms with van der Waals surface area (Å²) >= 11 is 0. The Hall–Kier alpha value is -1.98. The Morgan fingerprint density at radius 2 is 0.938 bits per heavy atom. The Labute approximate surface area is 164 Å². The van der Waals surface area contributed by atoms with E-state index in [1.807, 2.05) is 6.58 Å². The van der Waals surface area contributed by atoms with Crippen molar-refractivity contribution < 1.29 is 84.5 Å². The zero-order chi connectivity index (χ0) is 26.5. The molecule has 0 heterocycles. The lowest BCUT2D eigenvalue weighted by Crippen LogP contribution is -2.73. The summed E-state index contributed by atoms with van der Waals surface area (Å²) in [6.45, 7) is 1.87. The Bertz CT molecular complexity index is 715. The van der Waals surface area contributed by atoms with Crippen LogP contribution in [0.2, 0.25) is 0 Å². The molecule has 0 rings (SSSR count). The van der Waals surface area contributed by atoms with Gasteiger partial charge < -0.3 is 5.11 Å². The summed E-state index contributed by atoms with van der Waals surface area (Å²) in [5.74, 6) is -51.3. The SMILES string of the molecule is C=C(C(=O)O)C(F)C(F)(F)C(F)(F)C(F)(F)C(F)(F)C(F)(F)C(F)(F)C(F)C(F)C(F)F. The summed E-state index contributed by atoms with van der Waals surface area (Å²) < 4.78 is 223. The lowest BCUT2D eigenvalue weighted by Gasteiger charge is -2.42. The maximum Gasteiger partial charge on any atom is 0.384 e. The van der Waals surface area contributed by atoms with E-state index in [0.29, 0.717) is 0 Å². The van der Waals surface area contributed by atoms with E-state index in [-0.39, 0.29) is 0 Å². The molecule has 1 N–H and O–H groups in total. The normalized spacial score (nSPS) is 17.8. The van der Waals surface area contributed by atoms with Crippen LogP contribution < -0.4 is 0 Å². The Balaban J connectivity index is 6.64. The molecule has 19 heteroatoms. The molecule has 0 aliphatic carbocycles. The van der Waals surface area contributed by atoms with Crippen molar-refractivity contribution in [2.75, 3.05) is 0 Å². The zero-order valence-electron chi connectivity index (χ0n) is 14.3. The van der Waals surface area contributed by atoms with Crippen LogP contribution in [-0.2, 0) is 4.79 Å². The molecule has 0 aromatic carbocycles. The third kappa shape index (κ3) is 4.06. The standard InChI is InChI=1S/C13H7F17O2/c1-2(7(31)32)4(15)8(19,20)10(23,24)12(27,28)13(29,30)11(25,26)9(21,22)5(16)3(14)6(17)18/h3-6H,1H2,(H,31,32). The van der Waals surface area contributed by atoms with E-state index < -0.39 is 72.0 Å². The second-order valence-corrected chi connectivity index (χ2v) is 5.92. The maximum absolute atomic E-state index is 13.4. The first-order valence-electron chi connectivity index (χ1n) is 7.17. The van der Waals surface area contributed by atoms with E-state index in [1.165, 1.54) is 0 Å². The van der Waals surface area contributed by atoms with Crippen LogP contribution in [0.5, 0.6) is 0 Å². The fraction of sp³-hybridized carbons (Fsp3) is 0.769. The third-order valence-corrected chi connectivity index (χ3v) is 3.79. The summed E-state index contributed by atoms with van der Waals surface area (Å²) in [5.41, 5.74) is -2.70. The molecule has 0 saturated heterocycles. The number of carboxylic acids is 1. The summed E-state index contributed by atoms with van der Waals surface area (Å²) in [6.07, 6.45) is -21.0. The van der Waals surface area contributed by atoms with Crippen molar-refractivity contribution in [2.45, 2.75) is 60.5 Å². The van der Waals surface area contributed by atoms with Gasteiger partial charge in [-0.25, -0.2) is 26.7 Å². The van der Waals surface area contributed by atoms with Gasteiger partial charge in [-0.1, -0.05) is 6.58 Å². The summed E-state index contributed by atoms with van der Waals surface area (Å²) in [7, 11) is 0. The largest absolute Gasteiger partial charge is 0.478 e. The number of halogens is 17. The van der Waals surface area contributed by atoms with Crippen molar-refractivity contribution in [3.8, 4) is 0 Å². The molecule has 0 bridgehead atoms. The molecule has 0 radical (unpaired) electrons. The fourth-order valence-corrected chi connectivity index (χ4v) is 1.80. The molecule has 0 aliphatic heterocycles. The van der Waals surface area contributed by atoms with Gasteiger partial charge in [0, 0.05) is 0 Å². The first-order chi connectivity index (χ1) is 13.8. The summed E-state index contributed by atoms with van der Waals surface area (Å²) in [4.78, 5) is 10.2. The molecule has 0 amide bonds. The molecule has 32 heavy (non-hydrogen) atoms. The van der Waals surface area contributed by atoms with Crippen LogP contribution in [0, 0.1) is 0 Å². The van der Waals surface area contributed by atoms with Gasteiger partial charge in [0.15, 0.2) is 6.17 Å². The minimum absolute atomic E-state index is 1.87. The Kier molecular flexibility index (Phi) is 7.90. The fourth-order valence-electron chi connectivity index (χ4n) is 1.80. The van der Waals surface area contributed by atoms with Gasteiger partial charge in [0.1, 0.15) is 0 Å². The van der Waals surface area contributed by atoms with Gasteiger partial charge >= 0.3 is 41.5 Å². The number of aliphatic carboxylic acids is 1. The van der Waals surface area contributed by atoms with Crippen molar-refractivity contribution in [3.05, 3.63) is 12.2 Å². The smallest absolute Gasteiger partial charge is 0.384 e. The van der Waals surface area contributed by atoms with Crippen molar-refractivity contribution in [2.24, 2.45) is 0 Å². The van der Waals surface area contributed by atoms with Gasteiger partial charge in [-0.05, 0) is 0 Å².